The van der Waals surface area contributed by atoms with Crippen LogP contribution in [0.5, 0.6) is 0 Å². The van der Waals surface area contributed by atoms with Crippen molar-refractivity contribution < 1.29 is 8.78 Å². The second-order valence-corrected chi connectivity index (χ2v) is 2.44. The Hall–Kier alpha value is -1.45. The van der Waals surface area contributed by atoms with Crippen molar-refractivity contribution in [3.63, 3.8) is 0 Å². The average molecular weight is 168 g/mol. The molecule has 2 rings (SSSR count). The molecule has 2 aromatic rings. The Morgan fingerprint density at radius 2 is 2.17 bits per heavy atom. The normalized spacial score (nSPS) is 11.2. The predicted molar refractivity (Wildman–Crippen MR) is 41.1 cm³/mol. The molecule has 0 aliphatic carbocycles. The first-order chi connectivity index (χ1) is 5.79. The zero-order valence-electron chi connectivity index (χ0n) is 6.09. The van der Waals surface area contributed by atoms with Crippen molar-refractivity contribution in [2.75, 3.05) is 0 Å². The second-order valence-electron chi connectivity index (χ2n) is 2.44. The number of rotatable bonds is 1. The number of alkyl halides is 2. The quantitative estimate of drug-likeness (QED) is 0.696. The summed E-state index contributed by atoms with van der Waals surface area (Å²) in [6.45, 7) is 0. The highest BCUT2D eigenvalue weighted by atomic mass is 19.3. The third-order valence-corrected chi connectivity index (χ3v) is 1.72. The van der Waals surface area contributed by atoms with Crippen molar-refractivity contribution in [3.8, 4) is 0 Å². The lowest BCUT2D eigenvalue weighted by molar-refractivity contribution is 0.148. The highest BCUT2D eigenvalue weighted by Gasteiger charge is 2.12. The fourth-order valence-corrected chi connectivity index (χ4v) is 1.18. The molecule has 62 valence electrons. The van der Waals surface area contributed by atoms with Gasteiger partial charge in [0.05, 0.1) is 0 Å². The lowest BCUT2D eigenvalue weighted by Gasteiger charge is -1.98. The zero-order valence-corrected chi connectivity index (χ0v) is 6.09. The van der Waals surface area contributed by atoms with Crippen LogP contribution in [0.1, 0.15) is 12.1 Å². The Bertz CT molecular complexity index is 395. The summed E-state index contributed by atoms with van der Waals surface area (Å²) >= 11 is 0. The van der Waals surface area contributed by atoms with Crippen LogP contribution in [0.3, 0.4) is 0 Å². The van der Waals surface area contributed by atoms with Crippen LogP contribution in [-0.4, -0.2) is 9.97 Å². The van der Waals surface area contributed by atoms with Crippen LogP contribution in [0.25, 0.3) is 10.9 Å². The molecule has 0 unspecified atom stereocenters. The van der Waals surface area contributed by atoms with Crippen LogP contribution in [0.4, 0.5) is 8.78 Å². The minimum Gasteiger partial charge on any atom is -0.361 e. The summed E-state index contributed by atoms with van der Waals surface area (Å²) in [4.78, 5) is 6.45. The lowest BCUT2D eigenvalue weighted by atomic mass is 10.2. The van der Waals surface area contributed by atoms with E-state index in [1.165, 1.54) is 6.20 Å². The van der Waals surface area contributed by atoms with E-state index in [1.807, 2.05) is 0 Å². The number of halogens is 2. The van der Waals surface area contributed by atoms with Gasteiger partial charge in [0.2, 0.25) is 0 Å². The first-order valence-electron chi connectivity index (χ1n) is 3.49. The number of nitrogens with one attached hydrogen (secondary N) is 1. The number of hydrogen-bond donors (Lipinski definition) is 1. The Balaban J connectivity index is 2.73. The first kappa shape index (κ1) is 7.21. The van der Waals surface area contributed by atoms with Crippen LogP contribution >= 0.6 is 0 Å². The summed E-state index contributed by atoms with van der Waals surface area (Å²) in [7, 11) is 0. The van der Waals surface area contributed by atoms with Gasteiger partial charge in [-0.3, -0.25) is 4.98 Å². The summed E-state index contributed by atoms with van der Waals surface area (Å²) in [5.74, 6) is 0. The van der Waals surface area contributed by atoms with E-state index in [-0.39, 0.29) is 5.69 Å². The summed E-state index contributed by atoms with van der Waals surface area (Å²) < 4.78 is 24.6. The van der Waals surface area contributed by atoms with Gasteiger partial charge in [0, 0.05) is 23.3 Å². The van der Waals surface area contributed by atoms with Crippen molar-refractivity contribution >= 4 is 10.9 Å². The summed E-state index contributed by atoms with van der Waals surface area (Å²) in [5.41, 5.74) is 0.536. The standard InChI is InChI=1S/C8H6F2N2/c9-8(10)7-5-1-3-11-6(5)2-4-12-7/h1-4,8,11H. The minimum absolute atomic E-state index is 0.159. The molecule has 0 spiro atoms. The van der Waals surface area contributed by atoms with Crippen LogP contribution in [0.2, 0.25) is 0 Å². The maximum atomic E-state index is 12.3. The Labute approximate surface area is 67.2 Å². The SMILES string of the molecule is FC(F)c1nccc2[nH]ccc12. The second kappa shape index (κ2) is 2.55. The van der Waals surface area contributed by atoms with Gasteiger partial charge in [0.15, 0.2) is 0 Å². The molecule has 12 heavy (non-hydrogen) atoms. The smallest absolute Gasteiger partial charge is 0.281 e. The topological polar surface area (TPSA) is 28.7 Å². The molecule has 2 nitrogen and oxygen atoms in total. The highest BCUT2D eigenvalue weighted by molar-refractivity contribution is 5.81. The van der Waals surface area contributed by atoms with Crippen molar-refractivity contribution in [2.24, 2.45) is 0 Å². The molecule has 0 aromatic carbocycles. The van der Waals surface area contributed by atoms with E-state index in [9.17, 15) is 8.78 Å². The number of aromatic nitrogens is 2. The largest absolute Gasteiger partial charge is 0.361 e. The molecule has 2 heterocycles. The predicted octanol–water partition coefficient (Wildman–Crippen LogP) is 2.50. The van der Waals surface area contributed by atoms with Gasteiger partial charge in [-0.1, -0.05) is 0 Å². The molecule has 0 aliphatic heterocycles. The van der Waals surface area contributed by atoms with Crippen LogP contribution in [0.15, 0.2) is 24.5 Å². The zero-order chi connectivity index (χ0) is 8.55. The van der Waals surface area contributed by atoms with Crippen molar-refractivity contribution in [2.45, 2.75) is 6.43 Å². The molecular formula is C8H6F2N2. The number of hydrogen-bond acceptors (Lipinski definition) is 1. The first-order valence-corrected chi connectivity index (χ1v) is 3.49. The third kappa shape index (κ3) is 0.958. The van der Waals surface area contributed by atoms with Gasteiger partial charge in [-0.2, -0.15) is 0 Å². The monoisotopic (exact) mass is 168 g/mol. The van der Waals surface area contributed by atoms with E-state index < -0.39 is 6.43 Å². The van der Waals surface area contributed by atoms with Gasteiger partial charge in [-0.25, -0.2) is 8.78 Å². The molecule has 0 saturated heterocycles. The van der Waals surface area contributed by atoms with Gasteiger partial charge in [-0.15, -0.1) is 0 Å². The van der Waals surface area contributed by atoms with E-state index in [4.69, 9.17) is 0 Å². The number of H-pyrrole nitrogens is 1. The van der Waals surface area contributed by atoms with E-state index in [2.05, 4.69) is 9.97 Å². The molecule has 0 saturated carbocycles. The van der Waals surface area contributed by atoms with E-state index in [0.717, 1.165) is 0 Å². The lowest BCUT2D eigenvalue weighted by Crippen LogP contribution is -1.89. The fraction of sp³-hybridized carbons (Fsp3) is 0.125. The van der Waals surface area contributed by atoms with Crippen LogP contribution in [-0.2, 0) is 0 Å². The summed E-state index contributed by atoms with van der Waals surface area (Å²) in [6, 6.07) is 3.27. The van der Waals surface area contributed by atoms with Gasteiger partial charge in [0.25, 0.3) is 6.43 Å². The molecule has 1 N–H and O–H groups in total. The van der Waals surface area contributed by atoms with Gasteiger partial charge in [0.1, 0.15) is 5.69 Å². The van der Waals surface area contributed by atoms with E-state index in [0.29, 0.717) is 10.9 Å². The molecule has 4 heteroatoms. The number of nitrogens with zero attached hydrogens (tertiary/aromatic N) is 1. The van der Waals surface area contributed by atoms with Crippen molar-refractivity contribution in [3.05, 3.63) is 30.2 Å². The van der Waals surface area contributed by atoms with E-state index >= 15 is 0 Å². The number of aromatic amines is 1. The Morgan fingerprint density at radius 1 is 1.33 bits per heavy atom. The molecule has 0 aliphatic rings. The third-order valence-electron chi connectivity index (χ3n) is 1.72. The summed E-state index contributed by atoms with van der Waals surface area (Å²) in [6.07, 6.45) is 0.489. The molecule has 0 amide bonds. The maximum absolute atomic E-state index is 12.3. The average Bonchev–Trinajstić information content (AvgIpc) is 2.49. The van der Waals surface area contributed by atoms with Gasteiger partial charge < -0.3 is 4.98 Å². The number of fused-ring (bicyclic) bond motifs is 1. The van der Waals surface area contributed by atoms with Gasteiger partial charge >= 0.3 is 0 Å². The Kier molecular flexibility index (Phi) is 1.53. The number of pyridine rings is 1. The molecule has 0 atom stereocenters. The van der Waals surface area contributed by atoms with E-state index in [1.54, 1.807) is 18.3 Å². The van der Waals surface area contributed by atoms with Crippen molar-refractivity contribution in [1.29, 1.82) is 0 Å². The van der Waals surface area contributed by atoms with Crippen LogP contribution < -0.4 is 0 Å². The maximum Gasteiger partial charge on any atom is 0.281 e. The molecule has 0 fully saturated rings. The highest BCUT2D eigenvalue weighted by Crippen LogP contribution is 2.24. The fourth-order valence-electron chi connectivity index (χ4n) is 1.18. The summed E-state index contributed by atoms with van der Waals surface area (Å²) in [5, 5.41) is 0.493. The van der Waals surface area contributed by atoms with Gasteiger partial charge in [-0.05, 0) is 12.1 Å². The minimum atomic E-state index is -2.51. The van der Waals surface area contributed by atoms with Crippen LogP contribution in [0, 0.1) is 0 Å². The molecule has 0 bridgehead atoms. The Morgan fingerprint density at radius 3 is 2.92 bits per heavy atom. The molecular weight excluding hydrogens is 162 g/mol. The molecule has 0 radical (unpaired) electrons. The van der Waals surface area contributed by atoms with Crippen molar-refractivity contribution in [1.82, 2.24) is 9.97 Å². The molecule has 2 aromatic heterocycles.